The van der Waals surface area contributed by atoms with Gasteiger partial charge in [0.25, 0.3) is 0 Å². The van der Waals surface area contributed by atoms with E-state index in [0.29, 0.717) is 12.1 Å². The van der Waals surface area contributed by atoms with Gasteiger partial charge in [-0.25, -0.2) is 4.57 Å². The Balaban J connectivity index is 2.68. The fraction of sp³-hybridized carbons (Fsp3) is 0.714. The third-order valence-electron chi connectivity index (χ3n) is 3.61. The molecule has 1 aromatic rings. The minimum atomic E-state index is -0.696. The first-order valence-electron chi connectivity index (χ1n) is 7.85. The van der Waals surface area contributed by atoms with Crippen LogP contribution in [0, 0.1) is 10.1 Å². The molecule has 10 heteroatoms. The number of rotatable bonds is 11. The molecule has 0 saturated carbocycles. The van der Waals surface area contributed by atoms with Crippen LogP contribution in [0.25, 0.3) is 0 Å². The maximum Gasteiger partial charge on any atom is 0.434 e. The van der Waals surface area contributed by atoms with Crippen LogP contribution in [0.3, 0.4) is 0 Å². The Morgan fingerprint density at radius 1 is 1.67 bits per heavy atom. The van der Waals surface area contributed by atoms with Crippen LogP contribution in [0.15, 0.2) is 17.5 Å². The van der Waals surface area contributed by atoms with E-state index in [0.717, 1.165) is 12.8 Å². The number of nitro groups is 1. The fourth-order valence-corrected chi connectivity index (χ4v) is 2.12. The molecule has 24 heavy (non-hydrogen) atoms. The summed E-state index contributed by atoms with van der Waals surface area (Å²) < 4.78 is 1.37. The Labute approximate surface area is 140 Å². The van der Waals surface area contributed by atoms with Gasteiger partial charge in [-0.05, 0) is 31.6 Å². The van der Waals surface area contributed by atoms with Crippen LogP contribution in [0.2, 0.25) is 0 Å². The average molecular weight is 342 g/mol. The second-order valence-electron chi connectivity index (χ2n) is 5.99. The monoisotopic (exact) mass is 342 g/mol. The molecule has 0 bridgehead atoms. The second-order valence-corrected chi connectivity index (χ2v) is 5.99. The number of nitrogens with one attached hydrogen (secondary N) is 1. The van der Waals surface area contributed by atoms with E-state index in [1.807, 2.05) is 20.8 Å². The summed E-state index contributed by atoms with van der Waals surface area (Å²) in [7, 11) is 0. The highest BCUT2D eigenvalue weighted by Gasteiger charge is 2.27. The predicted molar refractivity (Wildman–Crippen MR) is 88.8 cm³/mol. The molecule has 0 amide bonds. The summed E-state index contributed by atoms with van der Waals surface area (Å²) in [5, 5.41) is 23.4. The third kappa shape index (κ3) is 5.55. The Hall–Kier alpha value is -2.04. The van der Waals surface area contributed by atoms with Gasteiger partial charge in [0.2, 0.25) is 0 Å². The topological polar surface area (TPSA) is 141 Å². The minimum Gasteiger partial charge on any atom is -0.411 e. The highest BCUT2D eigenvalue weighted by molar-refractivity contribution is 5.92. The largest absolute Gasteiger partial charge is 0.434 e. The van der Waals surface area contributed by atoms with Crippen LogP contribution in [0.1, 0.15) is 40.0 Å². The number of hydrogen-bond donors (Lipinski definition) is 3. The van der Waals surface area contributed by atoms with Gasteiger partial charge >= 0.3 is 5.95 Å². The zero-order valence-electron chi connectivity index (χ0n) is 14.3. The number of hydroxylamine groups is 1. The van der Waals surface area contributed by atoms with Crippen LogP contribution in [0.4, 0.5) is 5.95 Å². The summed E-state index contributed by atoms with van der Waals surface area (Å²) in [6.07, 6.45) is 4.85. The SMILES string of the molecule is CCCCC(=NO)C(C)(C)NOC(CN)Cn1ccnc1[N+](=O)[O-]. The molecule has 1 atom stereocenters. The van der Waals surface area contributed by atoms with Crippen LogP contribution >= 0.6 is 0 Å². The molecule has 4 N–H and O–H groups in total. The van der Waals surface area contributed by atoms with Gasteiger partial charge in [-0.15, -0.1) is 0 Å². The Morgan fingerprint density at radius 3 is 2.92 bits per heavy atom. The molecule has 1 aromatic heterocycles. The van der Waals surface area contributed by atoms with Crippen molar-refractivity contribution in [1.29, 1.82) is 0 Å². The summed E-state index contributed by atoms with van der Waals surface area (Å²) in [4.78, 5) is 19.6. The van der Waals surface area contributed by atoms with Crippen molar-refractivity contribution in [2.75, 3.05) is 6.54 Å². The Kier molecular flexibility index (Phi) is 7.75. The van der Waals surface area contributed by atoms with Crippen molar-refractivity contribution in [3.63, 3.8) is 0 Å². The number of nitrogens with zero attached hydrogens (tertiary/aromatic N) is 4. The number of aromatic nitrogens is 2. The van der Waals surface area contributed by atoms with Crippen molar-refractivity contribution in [1.82, 2.24) is 15.0 Å². The molecule has 0 aliphatic heterocycles. The highest BCUT2D eigenvalue weighted by Crippen LogP contribution is 2.14. The lowest BCUT2D eigenvalue weighted by Crippen LogP contribution is -2.49. The lowest BCUT2D eigenvalue weighted by Gasteiger charge is -2.29. The van der Waals surface area contributed by atoms with E-state index in [-0.39, 0.29) is 19.0 Å². The normalized spacial score (nSPS) is 13.9. The van der Waals surface area contributed by atoms with Crippen molar-refractivity contribution in [3.05, 3.63) is 22.5 Å². The molecule has 0 aliphatic carbocycles. The summed E-state index contributed by atoms with van der Waals surface area (Å²) >= 11 is 0. The van der Waals surface area contributed by atoms with E-state index in [9.17, 15) is 15.3 Å². The zero-order chi connectivity index (χ0) is 18.2. The number of hydrogen-bond acceptors (Lipinski definition) is 8. The van der Waals surface area contributed by atoms with E-state index in [1.165, 1.54) is 17.0 Å². The molecular formula is C14H26N6O4. The van der Waals surface area contributed by atoms with E-state index < -0.39 is 16.6 Å². The van der Waals surface area contributed by atoms with Gasteiger partial charge in [-0.3, -0.25) is 4.84 Å². The number of imidazole rings is 1. The highest BCUT2D eigenvalue weighted by atomic mass is 16.7. The molecule has 136 valence electrons. The first-order chi connectivity index (χ1) is 11.4. The van der Waals surface area contributed by atoms with E-state index in [2.05, 4.69) is 15.6 Å². The van der Waals surface area contributed by atoms with Gasteiger partial charge in [0.1, 0.15) is 25.0 Å². The smallest absolute Gasteiger partial charge is 0.411 e. The van der Waals surface area contributed by atoms with Gasteiger partial charge in [0.05, 0.1) is 11.3 Å². The van der Waals surface area contributed by atoms with Gasteiger partial charge in [0, 0.05) is 6.54 Å². The van der Waals surface area contributed by atoms with Crippen LogP contribution in [0.5, 0.6) is 0 Å². The van der Waals surface area contributed by atoms with E-state index in [4.69, 9.17) is 10.6 Å². The van der Waals surface area contributed by atoms with Gasteiger partial charge < -0.3 is 21.1 Å². The van der Waals surface area contributed by atoms with E-state index in [1.54, 1.807) is 0 Å². The quantitative estimate of drug-likeness (QED) is 0.239. The lowest BCUT2D eigenvalue weighted by molar-refractivity contribution is -0.397. The number of unbranched alkanes of at least 4 members (excludes halogenated alkanes) is 1. The maximum atomic E-state index is 10.9. The molecule has 0 fully saturated rings. The number of nitrogens with two attached hydrogens (primary N) is 1. The summed E-state index contributed by atoms with van der Waals surface area (Å²) in [6, 6.07) is 0. The predicted octanol–water partition coefficient (Wildman–Crippen LogP) is 1.44. The lowest BCUT2D eigenvalue weighted by atomic mass is 9.95. The van der Waals surface area contributed by atoms with Crippen molar-refractivity contribution in [2.24, 2.45) is 10.9 Å². The zero-order valence-corrected chi connectivity index (χ0v) is 14.3. The van der Waals surface area contributed by atoms with Crippen LogP contribution in [-0.4, -0.2) is 43.6 Å². The summed E-state index contributed by atoms with van der Waals surface area (Å²) in [5.74, 6) is -0.267. The molecule has 0 radical (unpaired) electrons. The first-order valence-corrected chi connectivity index (χ1v) is 7.85. The third-order valence-corrected chi connectivity index (χ3v) is 3.61. The van der Waals surface area contributed by atoms with Gasteiger partial charge in [-0.2, -0.15) is 5.48 Å². The molecule has 1 rings (SSSR count). The Morgan fingerprint density at radius 2 is 2.38 bits per heavy atom. The molecular weight excluding hydrogens is 316 g/mol. The van der Waals surface area contributed by atoms with Crippen molar-refractivity contribution in [2.45, 2.75) is 58.2 Å². The van der Waals surface area contributed by atoms with Crippen molar-refractivity contribution < 1.29 is 15.0 Å². The summed E-state index contributed by atoms with van der Waals surface area (Å²) in [5.41, 5.74) is 8.41. The first kappa shape index (κ1) is 20.0. The molecule has 0 spiro atoms. The number of oxime groups is 1. The average Bonchev–Trinajstić information content (AvgIpc) is 3.00. The molecule has 0 aliphatic rings. The minimum absolute atomic E-state index is 0.152. The van der Waals surface area contributed by atoms with Crippen LogP contribution < -0.4 is 11.2 Å². The van der Waals surface area contributed by atoms with Gasteiger partial charge in [0.15, 0.2) is 0 Å². The van der Waals surface area contributed by atoms with Crippen molar-refractivity contribution >= 4 is 11.7 Å². The van der Waals surface area contributed by atoms with Gasteiger partial charge in [-0.1, -0.05) is 23.5 Å². The van der Waals surface area contributed by atoms with Crippen molar-refractivity contribution in [3.8, 4) is 0 Å². The molecule has 0 aromatic carbocycles. The van der Waals surface area contributed by atoms with E-state index >= 15 is 0 Å². The molecule has 0 saturated heterocycles. The molecule has 1 unspecified atom stereocenters. The molecule has 10 nitrogen and oxygen atoms in total. The molecule has 1 heterocycles. The second kappa shape index (κ2) is 9.30. The Bertz CT molecular complexity index is 557. The van der Waals surface area contributed by atoms with Crippen LogP contribution in [-0.2, 0) is 11.4 Å². The maximum absolute atomic E-state index is 10.9. The standard InChI is InChI=1S/C14H26N6O4/c1-4-5-6-12(17-21)14(2,3)18-24-11(9-15)10-19-8-7-16-13(19)20(22)23/h7-8,11,18,21H,4-6,9-10,15H2,1-3H3. The fourth-order valence-electron chi connectivity index (χ4n) is 2.12. The summed E-state index contributed by atoms with van der Waals surface area (Å²) in [6.45, 7) is 6.03.